The van der Waals surface area contributed by atoms with Crippen molar-refractivity contribution in [2.75, 3.05) is 18.4 Å². The fourth-order valence-corrected chi connectivity index (χ4v) is 5.01. The van der Waals surface area contributed by atoms with Gasteiger partial charge < -0.3 is 10.6 Å². The third-order valence-corrected chi connectivity index (χ3v) is 7.61. The largest absolute Gasteiger partial charge is 0.350 e. The van der Waals surface area contributed by atoms with Gasteiger partial charge in [-0.25, -0.2) is 12.8 Å². The molecule has 1 aliphatic heterocycles. The maximum atomic E-state index is 13.1. The number of benzene rings is 2. The van der Waals surface area contributed by atoms with Gasteiger partial charge in [0.25, 0.3) is 5.91 Å². The van der Waals surface area contributed by atoms with Gasteiger partial charge in [0.1, 0.15) is 5.82 Å². The first-order valence-corrected chi connectivity index (χ1v) is 12.1. The Morgan fingerprint density at radius 1 is 1.09 bits per heavy atom. The van der Waals surface area contributed by atoms with Crippen LogP contribution in [-0.4, -0.2) is 43.7 Å². The lowest BCUT2D eigenvalue weighted by atomic mass is 9.97. The second-order valence-corrected chi connectivity index (χ2v) is 9.89. The average molecular weight is 462 g/mol. The zero-order valence-electron chi connectivity index (χ0n) is 18.2. The Bertz CT molecular complexity index is 1060. The Balaban J connectivity index is 1.63. The molecule has 0 spiro atoms. The van der Waals surface area contributed by atoms with Crippen LogP contribution in [0.4, 0.5) is 10.1 Å². The molecule has 0 aromatic heterocycles. The fraction of sp³-hybridized carbons (Fsp3) is 0.391. The number of nitrogens with zero attached hydrogens (tertiary/aromatic N) is 1. The molecule has 7 nitrogen and oxygen atoms in total. The molecule has 1 atom stereocenters. The van der Waals surface area contributed by atoms with E-state index >= 15 is 0 Å². The van der Waals surface area contributed by atoms with Crippen LogP contribution in [0.2, 0.25) is 0 Å². The number of carbonyl (C=O) groups is 2. The Morgan fingerprint density at radius 2 is 1.72 bits per heavy atom. The number of sulfonamides is 1. The molecule has 172 valence electrons. The Hall–Kier alpha value is -2.78. The first-order valence-electron chi connectivity index (χ1n) is 10.7. The normalized spacial score (nSPS) is 16.3. The lowest BCUT2D eigenvalue weighted by Gasteiger charge is -2.30. The molecule has 1 heterocycles. The zero-order valence-corrected chi connectivity index (χ0v) is 19.0. The minimum Gasteiger partial charge on any atom is -0.350 e. The number of halogens is 1. The predicted octanol–water partition coefficient (Wildman–Crippen LogP) is 3.39. The molecule has 0 aliphatic carbocycles. The highest BCUT2D eigenvalue weighted by molar-refractivity contribution is 7.89. The van der Waals surface area contributed by atoms with E-state index in [2.05, 4.69) is 10.6 Å². The second-order valence-electron chi connectivity index (χ2n) is 7.95. The van der Waals surface area contributed by atoms with E-state index in [9.17, 15) is 22.4 Å². The van der Waals surface area contributed by atoms with Crippen molar-refractivity contribution < 1.29 is 22.4 Å². The number of hydrogen-bond acceptors (Lipinski definition) is 4. The zero-order chi connectivity index (χ0) is 23.3. The molecule has 9 heteroatoms. The minimum atomic E-state index is -3.74. The summed E-state index contributed by atoms with van der Waals surface area (Å²) in [5, 5.41) is 5.73. The summed E-state index contributed by atoms with van der Waals surface area (Å²) >= 11 is 0. The van der Waals surface area contributed by atoms with Crippen LogP contribution < -0.4 is 10.6 Å². The molecule has 0 saturated carbocycles. The van der Waals surface area contributed by atoms with E-state index in [0.29, 0.717) is 24.1 Å². The molecule has 1 saturated heterocycles. The molecule has 3 rings (SSSR count). The van der Waals surface area contributed by atoms with Gasteiger partial charge in [-0.05, 0) is 62.6 Å². The van der Waals surface area contributed by atoms with Crippen LogP contribution in [0.15, 0.2) is 53.4 Å². The highest BCUT2D eigenvalue weighted by Gasteiger charge is 2.32. The third-order valence-electron chi connectivity index (χ3n) is 5.70. The first kappa shape index (κ1) is 23.9. The van der Waals surface area contributed by atoms with Crippen molar-refractivity contribution in [3.63, 3.8) is 0 Å². The monoisotopic (exact) mass is 461 g/mol. The van der Waals surface area contributed by atoms with Crippen LogP contribution >= 0.6 is 0 Å². The minimum absolute atomic E-state index is 0.0126. The Labute approximate surface area is 188 Å². The van der Waals surface area contributed by atoms with Crippen molar-refractivity contribution >= 4 is 27.5 Å². The van der Waals surface area contributed by atoms with Crippen LogP contribution in [0.3, 0.4) is 0 Å². The van der Waals surface area contributed by atoms with Gasteiger partial charge in [0.05, 0.1) is 16.1 Å². The van der Waals surface area contributed by atoms with E-state index in [4.69, 9.17) is 0 Å². The van der Waals surface area contributed by atoms with Gasteiger partial charge >= 0.3 is 0 Å². The fourth-order valence-electron chi connectivity index (χ4n) is 3.54. The van der Waals surface area contributed by atoms with Crippen LogP contribution in [0.25, 0.3) is 0 Å². The summed E-state index contributed by atoms with van der Waals surface area (Å²) in [5.74, 6) is -1.37. The van der Waals surface area contributed by atoms with Crippen molar-refractivity contribution in [2.45, 2.75) is 44.0 Å². The molecule has 2 amide bonds. The van der Waals surface area contributed by atoms with E-state index in [0.717, 1.165) is 18.6 Å². The lowest BCUT2D eigenvalue weighted by molar-refractivity contribution is -0.120. The molecule has 0 bridgehead atoms. The summed E-state index contributed by atoms with van der Waals surface area (Å²) in [4.78, 5) is 25.4. The van der Waals surface area contributed by atoms with Crippen LogP contribution in [0, 0.1) is 11.7 Å². The summed E-state index contributed by atoms with van der Waals surface area (Å²) in [6, 6.07) is 11.5. The van der Waals surface area contributed by atoms with Crippen LogP contribution in [0.1, 0.15) is 43.5 Å². The summed E-state index contributed by atoms with van der Waals surface area (Å²) in [7, 11) is -3.74. The van der Waals surface area contributed by atoms with Gasteiger partial charge in [-0.1, -0.05) is 19.1 Å². The van der Waals surface area contributed by atoms with Gasteiger partial charge in [-0.15, -0.1) is 0 Å². The lowest BCUT2D eigenvalue weighted by Crippen LogP contribution is -2.41. The van der Waals surface area contributed by atoms with Gasteiger partial charge in [0.15, 0.2) is 0 Å². The van der Waals surface area contributed by atoms with Crippen LogP contribution in [0.5, 0.6) is 0 Å². The number of nitrogens with one attached hydrogen (secondary N) is 2. The van der Waals surface area contributed by atoms with Crippen molar-refractivity contribution in [2.24, 2.45) is 5.92 Å². The standard InChI is InChI=1S/C23H28FN3O4S/c1-3-16(2)25-23(29)20-6-4-5-7-21(20)26-22(28)17-12-14-27(15-13-17)32(30,31)19-10-8-18(24)9-11-19/h4-11,16-17H,3,12-15H2,1-2H3,(H,25,29)(H,26,28). The number of carbonyl (C=O) groups excluding carboxylic acids is 2. The smallest absolute Gasteiger partial charge is 0.253 e. The molecule has 0 radical (unpaired) electrons. The van der Waals surface area contributed by atoms with Crippen molar-refractivity contribution in [1.29, 1.82) is 0 Å². The van der Waals surface area contributed by atoms with Crippen LogP contribution in [-0.2, 0) is 14.8 Å². The number of piperidine rings is 1. The predicted molar refractivity (Wildman–Crippen MR) is 120 cm³/mol. The van der Waals surface area contributed by atoms with E-state index < -0.39 is 15.8 Å². The van der Waals surface area contributed by atoms with E-state index in [1.807, 2.05) is 13.8 Å². The summed E-state index contributed by atoms with van der Waals surface area (Å²) in [6.07, 6.45) is 1.50. The molecule has 32 heavy (non-hydrogen) atoms. The summed E-state index contributed by atoms with van der Waals surface area (Å²) < 4.78 is 39.9. The van der Waals surface area contributed by atoms with Crippen molar-refractivity contribution in [3.8, 4) is 0 Å². The number of anilines is 1. The number of rotatable bonds is 7. The highest BCUT2D eigenvalue weighted by Crippen LogP contribution is 2.26. The number of amides is 2. The van der Waals surface area contributed by atoms with Crippen molar-refractivity contribution in [1.82, 2.24) is 9.62 Å². The molecule has 2 aromatic rings. The Kier molecular flexibility index (Phi) is 7.63. The van der Waals surface area contributed by atoms with Crippen molar-refractivity contribution in [3.05, 3.63) is 59.9 Å². The second kappa shape index (κ2) is 10.2. The summed E-state index contributed by atoms with van der Waals surface area (Å²) in [5.41, 5.74) is 0.817. The SMILES string of the molecule is CCC(C)NC(=O)c1ccccc1NC(=O)C1CCN(S(=O)(=O)c2ccc(F)cc2)CC1. The molecular formula is C23H28FN3O4S. The molecule has 1 aliphatic rings. The highest BCUT2D eigenvalue weighted by atomic mass is 32.2. The Morgan fingerprint density at radius 3 is 2.34 bits per heavy atom. The first-order chi connectivity index (χ1) is 15.2. The van der Waals surface area contributed by atoms with E-state index in [1.165, 1.54) is 16.4 Å². The average Bonchev–Trinajstić information content (AvgIpc) is 2.79. The quantitative estimate of drug-likeness (QED) is 0.661. The van der Waals surface area contributed by atoms with E-state index in [1.54, 1.807) is 24.3 Å². The number of para-hydroxylation sites is 1. The molecule has 2 aromatic carbocycles. The molecule has 2 N–H and O–H groups in total. The van der Waals surface area contributed by atoms with E-state index in [-0.39, 0.29) is 41.8 Å². The maximum Gasteiger partial charge on any atom is 0.253 e. The van der Waals surface area contributed by atoms with Gasteiger partial charge in [-0.3, -0.25) is 9.59 Å². The molecule has 1 fully saturated rings. The van der Waals surface area contributed by atoms with Gasteiger partial charge in [-0.2, -0.15) is 4.31 Å². The van der Waals surface area contributed by atoms with Gasteiger partial charge in [0.2, 0.25) is 15.9 Å². The van der Waals surface area contributed by atoms with Gasteiger partial charge in [0, 0.05) is 25.0 Å². The number of hydrogen-bond donors (Lipinski definition) is 2. The topological polar surface area (TPSA) is 95.6 Å². The molecule has 1 unspecified atom stereocenters. The summed E-state index contributed by atoms with van der Waals surface area (Å²) in [6.45, 7) is 4.26. The maximum absolute atomic E-state index is 13.1. The molecular weight excluding hydrogens is 433 g/mol. The third kappa shape index (κ3) is 5.52.